The summed E-state index contributed by atoms with van der Waals surface area (Å²) in [5.74, 6) is 1.32. The van der Waals surface area contributed by atoms with Crippen LogP contribution < -0.4 is 14.8 Å². The number of ether oxygens (including phenoxy) is 2. The van der Waals surface area contributed by atoms with Gasteiger partial charge >= 0.3 is 0 Å². The Kier molecular flexibility index (Phi) is 5.43. The first-order valence-electron chi connectivity index (χ1n) is 9.33. The molecule has 2 aromatic carbocycles. The number of pyridine rings is 1. The van der Waals surface area contributed by atoms with Crippen molar-refractivity contribution in [2.75, 3.05) is 14.2 Å². The van der Waals surface area contributed by atoms with Crippen molar-refractivity contribution < 1.29 is 14.3 Å². The Hall–Kier alpha value is -4.13. The fourth-order valence-corrected chi connectivity index (χ4v) is 3.01. The van der Waals surface area contributed by atoms with Crippen LogP contribution in [0.15, 0.2) is 60.8 Å². The molecule has 0 saturated carbocycles. The minimum Gasteiger partial charge on any atom is -0.493 e. The summed E-state index contributed by atoms with van der Waals surface area (Å²) < 4.78 is 11.4. The van der Waals surface area contributed by atoms with Crippen LogP contribution >= 0.6 is 0 Å². The van der Waals surface area contributed by atoms with Crippen LogP contribution in [-0.2, 0) is 0 Å². The highest BCUT2D eigenvalue weighted by molar-refractivity contribution is 5.92. The van der Waals surface area contributed by atoms with E-state index in [1.54, 1.807) is 26.3 Å². The largest absolute Gasteiger partial charge is 0.493 e. The summed E-state index contributed by atoms with van der Waals surface area (Å²) in [6.07, 6.45) is 5.44. The molecule has 0 fully saturated rings. The summed E-state index contributed by atoms with van der Waals surface area (Å²) in [6.45, 7) is 0. The number of carbonyl (C=O) groups excluding carboxylic acids is 1. The highest BCUT2D eigenvalue weighted by Gasteiger charge is 2.10. The molecule has 0 radical (unpaired) electrons. The number of hydrogen-bond acceptors (Lipinski definition) is 5. The predicted octanol–water partition coefficient (Wildman–Crippen LogP) is 4.29. The molecule has 0 unspecified atom stereocenters. The van der Waals surface area contributed by atoms with E-state index in [0.29, 0.717) is 17.2 Å². The third-order valence-corrected chi connectivity index (χ3v) is 4.54. The first-order chi connectivity index (χ1) is 14.7. The molecule has 0 bridgehead atoms. The molecular weight excluding hydrogens is 380 g/mol. The summed E-state index contributed by atoms with van der Waals surface area (Å²) in [7, 11) is 3.14. The van der Waals surface area contributed by atoms with Crippen molar-refractivity contribution in [1.82, 2.24) is 20.5 Å². The molecule has 4 rings (SSSR count). The number of nitrogens with zero attached hydrogens (tertiary/aromatic N) is 2. The number of rotatable bonds is 6. The minimum atomic E-state index is -0.279. The maximum absolute atomic E-state index is 11.8. The van der Waals surface area contributed by atoms with Crippen LogP contribution in [0.4, 0.5) is 0 Å². The lowest BCUT2D eigenvalue weighted by Gasteiger charge is -2.11. The van der Waals surface area contributed by atoms with Gasteiger partial charge in [-0.3, -0.25) is 14.9 Å². The van der Waals surface area contributed by atoms with Crippen molar-refractivity contribution in [3.63, 3.8) is 0 Å². The first-order valence-corrected chi connectivity index (χ1v) is 9.33. The summed E-state index contributed by atoms with van der Waals surface area (Å²) >= 11 is 0. The topological polar surface area (TPSA) is 89.1 Å². The summed E-state index contributed by atoms with van der Waals surface area (Å²) in [6, 6.07) is 16.8. The highest BCUT2D eigenvalue weighted by Crippen LogP contribution is 2.33. The van der Waals surface area contributed by atoms with Crippen LogP contribution in [0.25, 0.3) is 23.1 Å². The molecule has 0 spiro atoms. The van der Waals surface area contributed by atoms with Gasteiger partial charge in [-0.05, 0) is 35.9 Å². The smallest absolute Gasteiger partial charge is 0.269 e. The SMILES string of the molecule is CNC(=O)c1cc(Oc2ccc(C=Cc3n[nH]c4ccccc34)cc2OC)ccn1. The second kappa shape index (κ2) is 8.48. The van der Waals surface area contributed by atoms with Gasteiger partial charge in [0.2, 0.25) is 0 Å². The van der Waals surface area contributed by atoms with Crippen molar-refractivity contribution in [2.24, 2.45) is 0 Å². The number of para-hydroxylation sites is 1. The number of fused-ring (bicyclic) bond motifs is 1. The number of methoxy groups -OCH3 is 1. The second-order valence-electron chi connectivity index (χ2n) is 6.46. The summed E-state index contributed by atoms with van der Waals surface area (Å²) in [5.41, 5.74) is 3.07. The number of amides is 1. The number of aromatic nitrogens is 3. The average molecular weight is 400 g/mol. The normalized spacial score (nSPS) is 11.0. The number of aromatic amines is 1. The molecule has 0 saturated heterocycles. The van der Waals surface area contributed by atoms with E-state index in [9.17, 15) is 4.79 Å². The quantitative estimate of drug-likeness (QED) is 0.504. The molecule has 7 heteroatoms. The molecule has 0 aliphatic rings. The molecule has 2 heterocycles. The van der Waals surface area contributed by atoms with E-state index in [2.05, 4.69) is 20.5 Å². The molecule has 0 aliphatic heterocycles. The third kappa shape index (κ3) is 4.00. The van der Waals surface area contributed by atoms with Gasteiger partial charge in [0.1, 0.15) is 11.4 Å². The zero-order valence-corrected chi connectivity index (χ0v) is 16.5. The Morgan fingerprint density at radius 2 is 1.93 bits per heavy atom. The van der Waals surface area contributed by atoms with Crippen LogP contribution in [-0.4, -0.2) is 35.2 Å². The third-order valence-electron chi connectivity index (χ3n) is 4.54. The number of carbonyl (C=O) groups is 1. The Morgan fingerprint density at radius 3 is 2.77 bits per heavy atom. The monoisotopic (exact) mass is 400 g/mol. The van der Waals surface area contributed by atoms with Crippen molar-refractivity contribution >= 4 is 29.0 Å². The van der Waals surface area contributed by atoms with Crippen molar-refractivity contribution in [1.29, 1.82) is 0 Å². The van der Waals surface area contributed by atoms with Crippen molar-refractivity contribution in [3.05, 3.63) is 77.7 Å². The predicted molar refractivity (Wildman–Crippen MR) is 116 cm³/mol. The van der Waals surface area contributed by atoms with E-state index in [1.165, 1.54) is 6.20 Å². The van der Waals surface area contributed by atoms with Gasteiger partial charge in [-0.25, -0.2) is 0 Å². The lowest BCUT2D eigenvalue weighted by Crippen LogP contribution is -2.18. The maximum atomic E-state index is 11.8. The van der Waals surface area contributed by atoms with E-state index in [4.69, 9.17) is 9.47 Å². The van der Waals surface area contributed by atoms with Crippen LogP contribution in [0.3, 0.4) is 0 Å². The summed E-state index contributed by atoms with van der Waals surface area (Å²) in [5, 5.41) is 11.0. The molecular formula is C23H20N4O3. The van der Waals surface area contributed by atoms with Crippen LogP contribution in [0.1, 0.15) is 21.7 Å². The van der Waals surface area contributed by atoms with Gasteiger partial charge in [0.25, 0.3) is 5.91 Å². The van der Waals surface area contributed by atoms with Gasteiger partial charge in [0, 0.05) is 24.7 Å². The number of H-pyrrole nitrogens is 1. The molecule has 2 aromatic heterocycles. The zero-order chi connectivity index (χ0) is 20.9. The van der Waals surface area contributed by atoms with Crippen molar-refractivity contribution in [3.8, 4) is 17.2 Å². The van der Waals surface area contributed by atoms with Gasteiger partial charge in [-0.2, -0.15) is 5.10 Å². The van der Waals surface area contributed by atoms with E-state index < -0.39 is 0 Å². The molecule has 2 N–H and O–H groups in total. The molecule has 150 valence electrons. The van der Waals surface area contributed by atoms with E-state index >= 15 is 0 Å². The Morgan fingerprint density at radius 1 is 1.07 bits per heavy atom. The Bertz CT molecular complexity index is 1230. The highest BCUT2D eigenvalue weighted by atomic mass is 16.5. The summed E-state index contributed by atoms with van der Waals surface area (Å²) in [4.78, 5) is 15.8. The number of nitrogens with one attached hydrogen (secondary N) is 2. The lowest BCUT2D eigenvalue weighted by molar-refractivity contribution is 0.0958. The van der Waals surface area contributed by atoms with E-state index in [-0.39, 0.29) is 11.6 Å². The van der Waals surface area contributed by atoms with Gasteiger partial charge in [-0.15, -0.1) is 0 Å². The average Bonchev–Trinajstić information content (AvgIpc) is 3.21. The molecule has 7 nitrogen and oxygen atoms in total. The van der Waals surface area contributed by atoms with Crippen LogP contribution in [0, 0.1) is 0 Å². The molecule has 0 aliphatic carbocycles. The molecule has 30 heavy (non-hydrogen) atoms. The van der Waals surface area contributed by atoms with Gasteiger partial charge in [0.15, 0.2) is 11.5 Å². The standard InChI is InChI=1S/C23H20N4O3/c1-24-23(28)20-14-16(11-12-25-20)30-21-10-8-15(13-22(21)29-2)7-9-19-17-5-3-4-6-18(17)26-27-19/h3-14H,1-2H3,(H,24,28)(H,26,27). The van der Waals surface area contributed by atoms with Crippen molar-refractivity contribution in [2.45, 2.75) is 0 Å². The fourth-order valence-electron chi connectivity index (χ4n) is 3.01. The molecule has 1 amide bonds. The molecule has 4 aromatic rings. The Labute approximate surface area is 173 Å². The lowest BCUT2D eigenvalue weighted by atomic mass is 10.1. The van der Waals surface area contributed by atoms with Gasteiger partial charge in [-0.1, -0.05) is 30.3 Å². The van der Waals surface area contributed by atoms with Crippen LogP contribution in [0.2, 0.25) is 0 Å². The minimum absolute atomic E-state index is 0.278. The Balaban J connectivity index is 1.57. The maximum Gasteiger partial charge on any atom is 0.269 e. The van der Waals surface area contributed by atoms with Crippen LogP contribution in [0.5, 0.6) is 17.2 Å². The van der Waals surface area contributed by atoms with E-state index in [1.807, 2.05) is 54.6 Å². The number of hydrogen-bond donors (Lipinski definition) is 2. The zero-order valence-electron chi connectivity index (χ0n) is 16.5. The first kappa shape index (κ1) is 19.2. The fraction of sp³-hybridized carbons (Fsp3) is 0.0870. The van der Waals surface area contributed by atoms with Gasteiger partial charge < -0.3 is 14.8 Å². The van der Waals surface area contributed by atoms with Gasteiger partial charge in [0.05, 0.1) is 18.3 Å². The molecule has 0 atom stereocenters. The van der Waals surface area contributed by atoms with E-state index in [0.717, 1.165) is 22.2 Å². The number of benzene rings is 2. The second-order valence-corrected chi connectivity index (χ2v) is 6.46.